The van der Waals surface area contributed by atoms with Crippen LogP contribution in [-0.2, 0) is 6.42 Å². The molecule has 0 saturated carbocycles. The molecule has 0 bridgehead atoms. The van der Waals surface area contributed by atoms with E-state index in [1.54, 1.807) is 17.5 Å². The van der Waals surface area contributed by atoms with Crippen molar-refractivity contribution >= 4 is 22.2 Å². The first-order valence-corrected chi connectivity index (χ1v) is 5.95. The first-order chi connectivity index (χ1) is 7.84. The lowest BCUT2D eigenvalue weighted by molar-refractivity contribution is 0.951. The summed E-state index contributed by atoms with van der Waals surface area (Å²) in [6.45, 7) is 1.99. The zero-order valence-corrected chi connectivity index (χ0v) is 9.58. The molecule has 0 aliphatic rings. The summed E-state index contributed by atoms with van der Waals surface area (Å²) >= 11 is 1.69. The molecule has 80 valence electrons. The Labute approximate surface area is 96.3 Å². The van der Waals surface area contributed by atoms with Gasteiger partial charge in [0.05, 0.1) is 11.9 Å². The number of fused-ring (bicyclic) bond motifs is 1. The second-order valence-electron chi connectivity index (χ2n) is 3.71. The van der Waals surface area contributed by atoms with E-state index in [4.69, 9.17) is 0 Å². The molecule has 0 atom stereocenters. The molecule has 0 aromatic carbocycles. The molecule has 0 unspecified atom stereocenters. The van der Waals surface area contributed by atoms with Crippen molar-refractivity contribution in [2.45, 2.75) is 13.3 Å². The number of hydrogen-bond acceptors (Lipinski definition) is 4. The molecule has 0 aliphatic carbocycles. The molecule has 3 rings (SSSR count). The molecule has 0 spiro atoms. The molecule has 0 aliphatic heterocycles. The molecule has 0 saturated heterocycles. The highest BCUT2D eigenvalue weighted by atomic mass is 32.1. The number of aromatic amines is 1. The Hall–Kier alpha value is -1.75. The van der Waals surface area contributed by atoms with E-state index in [0.717, 1.165) is 28.7 Å². The average molecular weight is 230 g/mol. The number of nitrogens with one attached hydrogen (secondary N) is 1. The Morgan fingerprint density at radius 1 is 1.44 bits per heavy atom. The number of nitrogens with zero attached hydrogens (tertiary/aromatic N) is 3. The van der Waals surface area contributed by atoms with Gasteiger partial charge in [0.2, 0.25) is 0 Å². The van der Waals surface area contributed by atoms with Crippen LogP contribution in [0.25, 0.3) is 10.9 Å². The molecule has 3 heterocycles. The predicted molar refractivity (Wildman–Crippen MR) is 63.5 cm³/mol. The summed E-state index contributed by atoms with van der Waals surface area (Å²) in [5.41, 5.74) is 4.16. The normalized spacial score (nSPS) is 11.1. The minimum atomic E-state index is 0.790. The van der Waals surface area contributed by atoms with E-state index in [1.807, 2.05) is 6.92 Å². The first kappa shape index (κ1) is 9.47. The topological polar surface area (TPSA) is 54.5 Å². The van der Waals surface area contributed by atoms with Crippen LogP contribution < -0.4 is 0 Å². The van der Waals surface area contributed by atoms with E-state index in [0.29, 0.717) is 0 Å². The van der Waals surface area contributed by atoms with E-state index >= 15 is 0 Å². The fourth-order valence-corrected chi connectivity index (χ4v) is 2.39. The van der Waals surface area contributed by atoms with Crippen LogP contribution in [0.15, 0.2) is 23.0 Å². The van der Waals surface area contributed by atoms with E-state index in [-0.39, 0.29) is 0 Å². The molecule has 5 heteroatoms. The molecular formula is C11H10N4S. The van der Waals surface area contributed by atoms with Gasteiger partial charge in [-0.25, -0.2) is 0 Å². The Bertz CT molecular complexity index is 612. The third-order valence-corrected chi connectivity index (χ3v) is 3.32. The highest BCUT2D eigenvalue weighted by Crippen LogP contribution is 2.19. The van der Waals surface area contributed by atoms with Gasteiger partial charge < -0.3 is 0 Å². The molecule has 1 N–H and O–H groups in total. The first-order valence-electron chi connectivity index (χ1n) is 5.01. The minimum Gasteiger partial charge on any atom is -0.282 e. The summed E-state index contributed by atoms with van der Waals surface area (Å²) < 4.78 is 0. The molecular weight excluding hydrogens is 220 g/mol. The van der Waals surface area contributed by atoms with E-state index in [2.05, 4.69) is 37.2 Å². The summed E-state index contributed by atoms with van der Waals surface area (Å²) in [5, 5.41) is 20.7. The maximum atomic E-state index is 4.27. The SMILES string of the molecule is Cc1[nH]nc2c(Cc3ccsc3)nncc12. The van der Waals surface area contributed by atoms with Gasteiger partial charge in [-0.15, -0.1) is 0 Å². The molecule has 0 amide bonds. The quantitative estimate of drug-likeness (QED) is 0.735. The number of aryl methyl sites for hydroxylation is 1. The van der Waals surface area contributed by atoms with Gasteiger partial charge in [-0.3, -0.25) is 5.10 Å². The molecule has 0 fully saturated rings. The largest absolute Gasteiger partial charge is 0.282 e. The minimum absolute atomic E-state index is 0.790. The fourth-order valence-electron chi connectivity index (χ4n) is 1.73. The van der Waals surface area contributed by atoms with Crippen LogP contribution in [0.3, 0.4) is 0 Å². The van der Waals surface area contributed by atoms with Gasteiger partial charge in [-0.05, 0) is 29.3 Å². The summed E-state index contributed by atoms with van der Waals surface area (Å²) in [6.07, 6.45) is 2.55. The van der Waals surface area contributed by atoms with Crippen molar-refractivity contribution in [2.75, 3.05) is 0 Å². The number of aromatic nitrogens is 4. The summed E-state index contributed by atoms with van der Waals surface area (Å²) in [7, 11) is 0. The smallest absolute Gasteiger partial charge is 0.118 e. The van der Waals surface area contributed by atoms with Crippen molar-refractivity contribution < 1.29 is 0 Å². The maximum Gasteiger partial charge on any atom is 0.118 e. The van der Waals surface area contributed by atoms with Crippen LogP contribution in [0.1, 0.15) is 17.0 Å². The number of thiophene rings is 1. The van der Waals surface area contributed by atoms with Gasteiger partial charge in [0.1, 0.15) is 5.52 Å². The lowest BCUT2D eigenvalue weighted by Crippen LogP contribution is -1.94. The average Bonchev–Trinajstić information content (AvgIpc) is 2.90. The van der Waals surface area contributed by atoms with Crippen molar-refractivity contribution in [3.05, 3.63) is 40.0 Å². The van der Waals surface area contributed by atoms with Crippen LogP contribution in [0.5, 0.6) is 0 Å². The van der Waals surface area contributed by atoms with Gasteiger partial charge >= 0.3 is 0 Å². The predicted octanol–water partition coefficient (Wildman–Crippen LogP) is 2.31. The summed E-state index contributed by atoms with van der Waals surface area (Å²) in [4.78, 5) is 0. The zero-order chi connectivity index (χ0) is 11.0. The Balaban J connectivity index is 2.10. The number of hydrogen-bond donors (Lipinski definition) is 1. The Morgan fingerprint density at radius 3 is 3.19 bits per heavy atom. The summed E-state index contributed by atoms with van der Waals surface area (Å²) in [5.74, 6) is 0. The van der Waals surface area contributed by atoms with Crippen molar-refractivity contribution in [3.8, 4) is 0 Å². The van der Waals surface area contributed by atoms with Crippen LogP contribution in [0.2, 0.25) is 0 Å². The van der Waals surface area contributed by atoms with E-state index in [1.165, 1.54) is 5.56 Å². The molecule has 0 radical (unpaired) electrons. The van der Waals surface area contributed by atoms with Gasteiger partial charge in [-0.2, -0.15) is 26.6 Å². The van der Waals surface area contributed by atoms with Crippen LogP contribution in [0, 0.1) is 6.92 Å². The van der Waals surface area contributed by atoms with Gasteiger partial charge in [0.25, 0.3) is 0 Å². The fraction of sp³-hybridized carbons (Fsp3) is 0.182. The van der Waals surface area contributed by atoms with E-state index in [9.17, 15) is 0 Å². The molecule has 16 heavy (non-hydrogen) atoms. The van der Waals surface area contributed by atoms with Gasteiger partial charge in [-0.1, -0.05) is 0 Å². The highest BCUT2D eigenvalue weighted by molar-refractivity contribution is 7.07. The standard InChI is InChI=1S/C11H10N4S/c1-7-9-5-12-14-10(11(9)15-13-7)4-8-2-3-16-6-8/h2-3,5-6H,4H2,1H3,(H,13,15). The van der Waals surface area contributed by atoms with Gasteiger partial charge in [0.15, 0.2) is 0 Å². The number of H-pyrrole nitrogens is 1. The van der Waals surface area contributed by atoms with Crippen LogP contribution in [0.4, 0.5) is 0 Å². The second-order valence-corrected chi connectivity index (χ2v) is 4.49. The molecule has 3 aromatic heterocycles. The molecule has 4 nitrogen and oxygen atoms in total. The monoisotopic (exact) mass is 230 g/mol. The Morgan fingerprint density at radius 2 is 2.38 bits per heavy atom. The van der Waals surface area contributed by atoms with E-state index < -0.39 is 0 Å². The third-order valence-electron chi connectivity index (χ3n) is 2.58. The highest BCUT2D eigenvalue weighted by Gasteiger charge is 2.09. The second kappa shape index (κ2) is 3.68. The van der Waals surface area contributed by atoms with Gasteiger partial charge in [0, 0.05) is 17.5 Å². The Kier molecular flexibility index (Phi) is 2.18. The zero-order valence-electron chi connectivity index (χ0n) is 8.77. The maximum absolute atomic E-state index is 4.27. The van der Waals surface area contributed by atoms with Crippen molar-refractivity contribution in [1.29, 1.82) is 0 Å². The van der Waals surface area contributed by atoms with Crippen molar-refractivity contribution in [2.24, 2.45) is 0 Å². The lowest BCUT2D eigenvalue weighted by atomic mass is 10.1. The third kappa shape index (κ3) is 1.49. The summed E-state index contributed by atoms with van der Waals surface area (Å²) in [6, 6.07) is 2.10. The lowest BCUT2D eigenvalue weighted by Gasteiger charge is -1.97. The number of rotatable bonds is 2. The van der Waals surface area contributed by atoms with Crippen molar-refractivity contribution in [1.82, 2.24) is 20.4 Å². The van der Waals surface area contributed by atoms with Crippen LogP contribution in [-0.4, -0.2) is 20.4 Å². The molecule has 3 aromatic rings. The van der Waals surface area contributed by atoms with Crippen molar-refractivity contribution in [3.63, 3.8) is 0 Å². The van der Waals surface area contributed by atoms with Crippen LogP contribution >= 0.6 is 11.3 Å².